The Morgan fingerprint density at radius 1 is 1.39 bits per heavy atom. The summed E-state index contributed by atoms with van der Waals surface area (Å²) < 4.78 is 25.5. The van der Waals surface area contributed by atoms with Gasteiger partial charge in [0.05, 0.1) is 5.69 Å². The number of hydrogen-bond donors (Lipinski definition) is 2. The molecule has 0 aromatic heterocycles. The monoisotopic (exact) mass is 271 g/mol. The molecule has 3 N–H and O–H groups in total. The highest BCUT2D eigenvalue weighted by molar-refractivity contribution is 7.89. The number of para-hydroxylation sites is 1. The number of amides is 1. The number of nitrogens with two attached hydrogens (primary N) is 1. The second kappa shape index (κ2) is 5.83. The maximum atomic E-state index is 12.2. The Hall–Kier alpha value is -1.60. The van der Waals surface area contributed by atoms with Gasteiger partial charge in [-0.25, -0.2) is 12.7 Å². The first-order valence-electron chi connectivity index (χ1n) is 5.41. The van der Waals surface area contributed by atoms with Crippen LogP contribution in [-0.4, -0.2) is 39.3 Å². The van der Waals surface area contributed by atoms with Crippen molar-refractivity contribution in [3.63, 3.8) is 0 Å². The third kappa shape index (κ3) is 3.21. The van der Waals surface area contributed by atoms with E-state index in [2.05, 4.69) is 5.32 Å². The average molecular weight is 271 g/mol. The van der Waals surface area contributed by atoms with E-state index < -0.39 is 10.0 Å². The molecule has 7 heteroatoms. The number of nitrogens with one attached hydrogen (secondary N) is 1. The SMILES string of the molecule is CNC(=O)CCN(C)S(=O)(=O)c1ccccc1N. The molecule has 0 saturated heterocycles. The predicted octanol–water partition coefficient (Wildman–Crippen LogP) is 0.0254. The Balaban J connectivity index is 2.87. The molecule has 0 unspecified atom stereocenters. The summed E-state index contributed by atoms with van der Waals surface area (Å²) in [5.41, 5.74) is 5.84. The molecule has 0 saturated carbocycles. The topological polar surface area (TPSA) is 92.5 Å². The lowest BCUT2D eigenvalue weighted by Gasteiger charge is -2.17. The molecule has 0 aliphatic carbocycles. The van der Waals surface area contributed by atoms with Crippen molar-refractivity contribution in [2.45, 2.75) is 11.3 Å². The van der Waals surface area contributed by atoms with Crippen LogP contribution in [0.5, 0.6) is 0 Å². The molecular formula is C11H17N3O3S. The van der Waals surface area contributed by atoms with Gasteiger partial charge in [0.15, 0.2) is 0 Å². The van der Waals surface area contributed by atoms with Gasteiger partial charge in [0, 0.05) is 27.1 Å². The fraction of sp³-hybridized carbons (Fsp3) is 0.364. The Kier molecular flexibility index (Phi) is 4.69. The number of benzene rings is 1. The van der Waals surface area contributed by atoms with Crippen molar-refractivity contribution in [3.8, 4) is 0 Å². The highest BCUT2D eigenvalue weighted by Gasteiger charge is 2.22. The number of anilines is 1. The summed E-state index contributed by atoms with van der Waals surface area (Å²) >= 11 is 0. The Morgan fingerprint density at radius 3 is 2.56 bits per heavy atom. The van der Waals surface area contributed by atoms with Gasteiger partial charge in [-0.1, -0.05) is 12.1 Å². The summed E-state index contributed by atoms with van der Waals surface area (Å²) in [7, 11) is -0.718. The molecule has 6 nitrogen and oxygen atoms in total. The molecule has 1 rings (SSSR count). The fourth-order valence-corrected chi connectivity index (χ4v) is 2.67. The highest BCUT2D eigenvalue weighted by Crippen LogP contribution is 2.20. The van der Waals surface area contributed by atoms with Crippen LogP contribution in [0.2, 0.25) is 0 Å². The average Bonchev–Trinajstić information content (AvgIpc) is 2.35. The van der Waals surface area contributed by atoms with E-state index in [1.54, 1.807) is 12.1 Å². The standard InChI is InChI=1S/C11H17N3O3S/c1-13-11(15)7-8-14(2)18(16,17)10-6-4-3-5-9(10)12/h3-6H,7-8,12H2,1-2H3,(H,13,15). The van der Waals surface area contributed by atoms with Crippen molar-refractivity contribution in [1.82, 2.24) is 9.62 Å². The van der Waals surface area contributed by atoms with Gasteiger partial charge in [-0.05, 0) is 12.1 Å². The maximum absolute atomic E-state index is 12.2. The first-order chi connectivity index (χ1) is 8.39. The van der Waals surface area contributed by atoms with E-state index in [0.717, 1.165) is 4.31 Å². The molecule has 18 heavy (non-hydrogen) atoms. The van der Waals surface area contributed by atoms with E-state index in [1.165, 1.54) is 26.2 Å². The van der Waals surface area contributed by atoms with Crippen molar-refractivity contribution in [3.05, 3.63) is 24.3 Å². The van der Waals surface area contributed by atoms with E-state index in [1.807, 2.05) is 0 Å². The lowest BCUT2D eigenvalue weighted by atomic mass is 10.3. The fourth-order valence-electron chi connectivity index (χ4n) is 1.39. The Morgan fingerprint density at radius 2 is 2.00 bits per heavy atom. The molecule has 1 aromatic carbocycles. The van der Waals surface area contributed by atoms with E-state index in [4.69, 9.17) is 5.73 Å². The first kappa shape index (κ1) is 14.5. The molecule has 0 heterocycles. The third-order valence-electron chi connectivity index (χ3n) is 2.54. The van der Waals surface area contributed by atoms with Crippen LogP contribution >= 0.6 is 0 Å². The molecule has 0 spiro atoms. The van der Waals surface area contributed by atoms with Crippen LogP contribution < -0.4 is 11.1 Å². The minimum absolute atomic E-state index is 0.0596. The molecule has 0 fully saturated rings. The van der Waals surface area contributed by atoms with Crippen molar-refractivity contribution >= 4 is 21.6 Å². The van der Waals surface area contributed by atoms with Crippen LogP contribution in [0.4, 0.5) is 5.69 Å². The quantitative estimate of drug-likeness (QED) is 0.739. The highest BCUT2D eigenvalue weighted by atomic mass is 32.2. The molecule has 0 radical (unpaired) electrons. The normalized spacial score (nSPS) is 11.5. The van der Waals surface area contributed by atoms with Gasteiger partial charge in [0.2, 0.25) is 15.9 Å². The van der Waals surface area contributed by atoms with Crippen molar-refractivity contribution in [1.29, 1.82) is 0 Å². The van der Waals surface area contributed by atoms with E-state index >= 15 is 0 Å². The molecule has 0 bridgehead atoms. The molecule has 0 aliphatic heterocycles. The van der Waals surface area contributed by atoms with Gasteiger partial charge >= 0.3 is 0 Å². The molecule has 1 amide bonds. The molecule has 100 valence electrons. The van der Waals surface area contributed by atoms with Gasteiger partial charge < -0.3 is 11.1 Å². The summed E-state index contributed by atoms with van der Waals surface area (Å²) in [6.45, 7) is 0.107. The summed E-state index contributed by atoms with van der Waals surface area (Å²) in [5.74, 6) is -0.210. The van der Waals surface area contributed by atoms with Crippen molar-refractivity contribution in [2.75, 3.05) is 26.4 Å². The summed E-state index contributed by atoms with van der Waals surface area (Å²) in [6.07, 6.45) is 0.110. The minimum atomic E-state index is -3.65. The number of nitrogens with zero attached hydrogens (tertiary/aromatic N) is 1. The van der Waals surface area contributed by atoms with Crippen LogP contribution in [-0.2, 0) is 14.8 Å². The smallest absolute Gasteiger partial charge is 0.244 e. The zero-order valence-corrected chi connectivity index (χ0v) is 11.2. The zero-order chi connectivity index (χ0) is 13.8. The minimum Gasteiger partial charge on any atom is -0.398 e. The second-order valence-electron chi connectivity index (χ2n) is 3.79. The summed E-state index contributed by atoms with van der Waals surface area (Å²) in [6, 6.07) is 6.25. The van der Waals surface area contributed by atoms with Gasteiger partial charge in [-0.2, -0.15) is 0 Å². The number of hydrogen-bond acceptors (Lipinski definition) is 4. The largest absolute Gasteiger partial charge is 0.398 e. The van der Waals surface area contributed by atoms with Gasteiger partial charge in [-0.15, -0.1) is 0 Å². The summed E-state index contributed by atoms with van der Waals surface area (Å²) in [4.78, 5) is 11.1. The lowest BCUT2D eigenvalue weighted by Crippen LogP contribution is -2.31. The summed E-state index contributed by atoms with van der Waals surface area (Å²) in [5, 5.41) is 2.44. The van der Waals surface area contributed by atoms with Crippen LogP contribution in [0.1, 0.15) is 6.42 Å². The number of sulfonamides is 1. The van der Waals surface area contributed by atoms with E-state index in [0.29, 0.717) is 0 Å². The molecule has 1 aromatic rings. The van der Waals surface area contributed by atoms with E-state index in [-0.39, 0.29) is 29.5 Å². The molecule has 0 atom stereocenters. The van der Waals surface area contributed by atoms with Gasteiger partial charge in [0.25, 0.3) is 0 Å². The molecular weight excluding hydrogens is 254 g/mol. The predicted molar refractivity (Wildman–Crippen MR) is 69.4 cm³/mol. The van der Waals surface area contributed by atoms with Crippen LogP contribution in [0, 0.1) is 0 Å². The number of carbonyl (C=O) groups is 1. The maximum Gasteiger partial charge on any atom is 0.244 e. The van der Waals surface area contributed by atoms with Crippen LogP contribution in [0.25, 0.3) is 0 Å². The van der Waals surface area contributed by atoms with E-state index in [9.17, 15) is 13.2 Å². The van der Waals surface area contributed by atoms with Crippen molar-refractivity contribution in [2.24, 2.45) is 0 Å². The molecule has 0 aliphatic rings. The number of rotatable bonds is 5. The number of carbonyl (C=O) groups excluding carboxylic acids is 1. The lowest BCUT2D eigenvalue weighted by molar-refractivity contribution is -0.120. The third-order valence-corrected chi connectivity index (χ3v) is 4.47. The first-order valence-corrected chi connectivity index (χ1v) is 6.85. The van der Waals surface area contributed by atoms with Gasteiger partial charge in [0.1, 0.15) is 4.90 Å². The Labute approximate surface area is 107 Å². The Bertz CT molecular complexity index is 528. The van der Waals surface area contributed by atoms with Crippen LogP contribution in [0.3, 0.4) is 0 Å². The zero-order valence-electron chi connectivity index (χ0n) is 10.4. The van der Waals surface area contributed by atoms with Crippen LogP contribution in [0.15, 0.2) is 29.2 Å². The van der Waals surface area contributed by atoms with Gasteiger partial charge in [-0.3, -0.25) is 4.79 Å². The number of nitrogen functional groups attached to an aromatic ring is 1. The van der Waals surface area contributed by atoms with Crippen molar-refractivity contribution < 1.29 is 13.2 Å². The second-order valence-corrected chi connectivity index (χ2v) is 5.80.